The van der Waals surface area contributed by atoms with E-state index in [9.17, 15) is 9.90 Å². The van der Waals surface area contributed by atoms with Crippen molar-refractivity contribution in [3.05, 3.63) is 0 Å². The molecular formula is C27H44O3. The van der Waals surface area contributed by atoms with Crippen LogP contribution >= 0.6 is 0 Å². The fourth-order valence-electron chi connectivity index (χ4n) is 9.34. The molecular weight excluding hydrogens is 372 g/mol. The van der Waals surface area contributed by atoms with Crippen molar-refractivity contribution < 1.29 is 14.6 Å². The number of carbonyl (C=O) groups is 1. The normalized spacial score (nSPS) is 52.9. The van der Waals surface area contributed by atoms with Crippen molar-refractivity contribution in [2.24, 2.45) is 46.3 Å². The maximum atomic E-state index is 12.1. The van der Waals surface area contributed by atoms with Gasteiger partial charge >= 0.3 is 0 Å². The van der Waals surface area contributed by atoms with Crippen LogP contribution < -0.4 is 0 Å². The monoisotopic (exact) mass is 416 g/mol. The van der Waals surface area contributed by atoms with Crippen LogP contribution in [0.2, 0.25) is 0 Å². The fraction of sp³-hybridized carbons (Fsp3) is 0.963. The molecule has 1 heterocycles. The van der Waals surface area contributed by atoms with Gasteiger partial charge in [-0.05, 0) is 112 Å². The van der Waals surface area contributed by atoms with E-state index < -0.39 is 0 Å². The van der Waals surface area contributed by atoms with Crippen molar-refractivity contribution in [2.75, 3.05) is 0 Å². The van der Waals surface area contributed by atoms with Crippen LogP contribution in [0, 0.1) is 46.3 Å². The Labute approximate surface area is 183 Å². The number of aliphatic hydroxyl groups excluding tert-OH is 1. The maximum Gasteiger partial charge on any atom is 0.133 e. The maximum absolute atomic E-state index is 12.1. The molecule has 0 aromatic carbocycles. The topological polar surface area (TPSA) is 49.8 Å². The lowest BCUT2D eigenvalue weighted by Crippen LogP contribution is -2.58. The highest BCUT2D eigenvalue weighted by atomic mass is 16.6. The van der Waals surface area contributed by atoms with E-state index in [0.29, 0.717) is 41.0 Å². The van der Waals surface area contributed by atoms with Gasteiger partial charge in [0.15, 0.2) is 0 Å². The Kier molecular flexibility index (Phi) is 5.03. The van der Waals surface area contributed by atoms with E-state index in [0.717, 1.165) is 37.5 Å². The zero-order valence-corrected chi connectivity index (χ0v) is 20.0. The van der Waals surface area contributed by atoms with Gasteiger partial charge in [-0.25, -0.2) is 0 Å². The summed E-state index contributed by atoms with van der Waals surface area (Å²) in [5, 5.41) is 11.3. The van der Waals surface area contributed by atoms with Gasteiger partial charge in [-0.3, -0.25) is 4.79 Å². The number of ether oxygens (including phenoxy) is 1. The van der Waals surface area contributed by atoms with Crippen LogP contribution in [0.3, 0.4) is 0 Å². The summed E-state index contributed by atoms with van der Waals surface area (Å²) in [6, 6.07) is 0. The van der Waals surface area contributed by atoms with Gasteiger partial charge in [0, 0.05) is 12.8 Å². The standard InChI is InChI=1S/C27H44O3/c1-16(6-9-23-25(2,3)30-23)19-7-8-20-24-21(11-13-27(19,20)5)26(4)12-10-18(28)14-17(26)15-22(24)29/h16-17,19-24,29H,6-15H2,1-5H3/t16-,17+,19-,20+,21+,22+,23?,24+,26+,27-/m1/s1. The van der Waals surface area contributed by atoms with E-state index in [1.165, 1.54) is 38.5 Å². The van der Waals surface area contributed by atoms with Crippen LogP contribution in [-0.2, 0) is 9.53 Å². The molecule has 10 atom stereocenters. The average Bonchev–Trinajstić information content (AvgIpc) is 3.13. The second kappa shape index (κ2) is 7.04. The van der Waals surface area contributed by atoms with Crippen LogP contribution in [0.5, 0.6) is 0 Å². The first-order valence-corrected chi connectivity index (χ1v) is 12.9. The Morgan fingerprint density at radius 2 is 1.77 bits per heavy atom. The molecule has 0 bridgehead atoms. The third-order valence-electron chi connectivity index (χ3n) is 11.3. The third kappa shape index (κ3) is 3.16. The van der Waals surface area contributed by atoms with E-state index in [1.807, 2.05) is 0 Å². The van der Waals surface area contributed by atoms with Crippen molar-refractivity contribution >= 4 is 5.78 Å². The van der Waals surface area contributed by atoms with Gasteiger partial charge in [0.1, 0.15) is 5.78 Å². The first kappa shape index (κ1) is 21.4. The Morgan fingerprint density at radius 1 is 1.07 bits per heavy atom. The minimum atomic E-state index is -0.196. The van der Waals surface area contributed by atoms with E-state index >= 15 is 0 Å². The minimum absolute atomic E-state index is 0.111. The quantitative estimate of drug-likeness (QED) is 0.591. The molecule has 1 aliphatic heterocycles. The van der Waals surface area contributed by atoms with Gasteiger partial charge in [0.25, 0.3) is 0 Å². The number of fused-ring (bicyclic) bond motifs is 5. The van der Waals surface area contributed by atoms with Gasteiger partial charge < -0.3 is 9.84 Å². The second-order valence-electron chi connectivity index (χ2n) is 13.0. The molecule has 30 heavy (non-hydrogen) atoms. The van der Waals surface area contributed by atoms with E-state index in [4.69, 9.17) is 4.74 Å². The summed E-state index contributed by atoms with van der Waals surface area (Å²) in [7, 11) is 0. The van der Waals surface area contributed by atoms with Gasteiger partial charge in [-0.15, -0.1) is 0 Å². The van der Waals surface area contributed by atoms with Crippen LogP contribution in [0.4, 0.5) is 0 Å². The molecule has 1 saturated heterocycles. The van der Waals surface area contributed by atoms with Crippen LogP contribution in [0.15, 0.2) is 0 Å². The molecule has 5 aliphatic rings. The molecule has 0 aromatic heterocycles. The molecule has 1 N–H and O–H groups in total. The average molecular weight is 417 g/mol. The van der Waals surface area contributed by atoms with Crippen molar-refractivity contribution in [1.82, 2.24) is 0 Å². The molecule has 4 aliphatic carbocycles. The molecule has 3 nitrogen and oxygen atoms in total. The molecule has 0 spiro atoms. The first-order valence-electron chi connectivity index (χ1n) is 12.9. The minimum Gasteiger partial charge on any atom is -0.393 e. The van der Waals surface area contributed by atoms with Crippen molar-refractivity contribution in [2.45, 2.75) is 117 Å². The number of hydrogen-bond donors (Lipinski definition) is 1. The number of carbonyl (C=O) groups excluding carboxylic acids is 1. The Balaban J connectivity index is 1.32. The summed E-state index contributed by atoms with van der Waals surface area (Å²) < 4.78 is 5.85. The van der Waals surface area contributed by atoms with Crippen molar-refractivity contribution in [3.8, 4) is 0 Å². The van der Waals surface area contributed by atoms with Gasteiger partial charge in [0.05, 0.1) is 17.8 Å². The van der Waals surface area contributed by atoms with Crippen LogP contribution in [-0.4, -0.2) is 28.7 Å². The number of hydrogen-bond acceptors (Lipinski definition) is 3. The summed E-state index contributed by atoms with van der Waals surface area (Å²) in [4.78, 5) is 12.1. The predicted octanol–water partition coefficient (Wildman–Crippen LogP) is 5.78. The van der Waals surface area contributed by atoms with Crippen LogP contribution in [0.25, 0.3) is 0 Å². The Morgan fingerprint density at radius 3 is 2.47 bits per heavy atom. The lowest BCUT2D eigenvalue weighted by Gasteiger charge is -2.62. The Bertz CT molecular complexity index is 700. The number of Topliss-reactive ketones (excluding diaryl/α,β-unsaturated/α-hetero) is 1. The molecule has 1 unspecified atom stereocenters. The lowest BCUT2D eigenvalue weighted by molar-refractivity contribution is -0.168. The lowest BCUT2D eigenvalue weighted by atomic mass is 9.44. The van der Waals surface area contributed by atoms with Crippen LogP contribution in [0.1, 0.15) is 98.8 Å². The summed E-state index contributed by atoms with van der Waals surface area (Å²) in [6.45, 7) is 12.0. The summed E-state index contributed by atoms with van der Waals surface area (Å²) >= 11 is 0. The molecule has 170 valence electrons. The van der Waals surface area contributed by atoms with E-state index in [2.05, 4.69) is 34.6 Å². The Hall–Kier alpha value is -0.410. The van der Waals surface area contributed by atoms with E-state index in [-0.39, 0.29) is 17.1 Å². The number of rotatable bonds is 4. The zero-order chi connectivity index (χ0) is 21.5. The molecule has 3 heteroatoms. The smallest absolute Gasteiger partial charge is 0.133 e. The zero-order valence-electron chi connectivity index (χ0n) is 20.0. The summed E-state index contributed by atoms with van der Waals surface area (Å²) in [6.07, 6.45) is 11.4. The highest BCUT2D eigenvalue weighted by molar-refractivity contribution is 5.79. The molecule has 0 radical (unpaired) electrons. The fourth-order valence-corrected chi connectivity index (χ4v) is 9.34. The van der Waals surface area contributed by atoms with Gasteiger partial charge in [-0.1, -0.05) is 20.8 Å². The summed E-state index contributed by atoms with van der Waals surface area (Å²) in [5.41, 5.74) is 0.770. The number of aliphatic hydroxyl groups is 1. The third-order valence-corrected chi connectivity index (χ3v) is 11.3. The van der Waals surface area contributed by atoms with E-state index in [1.54, 1.807) is 0 Å². The SMILES string of the molecule is C[C@H](CCC1OC1(C)C)[C@H]1CC[C@H]2[C@@H]3[C@@H](O)C[C@@H]4CC(=O)CC[C@]4(C)[C@H]3CC[C@]12C. The summed E-state index contributed by atoms with van der Waals surface area (Å²) in [5.74, 6) is 4.12. The van der Waals surface area contributed by atoms with Crippen molar-refractivity contribution in [1.29, 1.82) is 0 Å². The second-order valence-corrected chi connectivity index (χ2v) is 13.0. The molecule has 4 saturated carbocycles. The largest absolute Gasteiger partial charge is 0.393 e. The first-order chi connectivity index (χ1) is 14.1. The number of epoxide rings is 1. The highest BCUT2D eigenvalue weighted by Gasteiger charge is 2.63. The van der Waals surface area contributed by atoms with Gasteiger partial charge in [-0.2, -0.15) is 0 Å². The molecule has 0 aromatic rings. The molecule has 0 amide bonds. The van der Waals surface area contributed by atoms with Gasteiger partial charge in [0.2, 0.25) is 0 Å². The van der Waals surface area contributed by atoms with Crippen molar-refractivity contribution in [3.63, 3.8) is 0 Å². The molecule has 5 rings (SSSR count). The molecule has 5 fully saturated rings. The number of ketones is 1. The highest BCUT2D eigenvalue weighted by Crippen LogP contribution is 2.68. The predicted molar refractivity (Wildman–Crippen MR) is 119 cm³/mol.